The smallest absolute Gasteiger partial charge is 0.219 e. The van der Waals surface area contributed by atoms with Crippen LogP contribution in [0.25, 0.3) is 0 Å². The number of rotatable bonds is 7. The normalized spacial score (nSPS) is 12.0. The second kappa shape index (κ2) is 7.94. The van der Waals surface area contributed by atoms with Crippen molar-refractivity contribution in [2.75, 3.05) is 18.0 Å². The molecule has 0 aromatic heterocycles. The van der Waals surface area contributed by atoms with Crippen molar-refractivity contribution in [3.8, 4) is 0 Å². The minimum absolute atomic E-state index is 0.144. The maximum Gasteiger partial charge on any atom is 0.219 e. The van der Waals surface area contributed by atoms with E-state index >= 15 is 0 Å². The first-order chi connectivity index (χ1) is 11.0. The van der Waals surface area contributed by atoms with Crippen LogP contribution in [-0.4, -0.2) is 24.1 Å². The maximum absolute atomic E-state index is 13.1. The van der Waals surface area contributed by atoms with Crippen LogP contribution >= 0.6 is 11.6 Å². The van der Waals surface area contributed by atoms with E-state index in [1.165, 1.54) is 12.1 Å². The minimum atomic E-state index is -0.773. The number of halogens is 2. The average molecular weight is 337 g/mol. The van der Waals surface area contributed by atoms with Crippen molar-refractivity contribution in [2.45, 2.75) is 12.5 Å². The van der Waals surface area contributed by atoms with Crippen molar-refractivity contribution >= 4 is 23.2 Å². The number of nitrogens with zero attached hydrogens (tertiary/aromatic N) is 1. The summed E-state index contributed by atoms with van der Waals surface area (Å²) in [6.07, 6.45) is -0.629. The number of amides is 1. The number of nitrogens with two attached hydrogens (primary N) is 1. The molecule has 1 unspecified atom stereocenters. The van der Waals surface area contributed by atoms with Gasteiger partial charge in [-0.15, -0.1) is 0 Å². The number of carbonyl (C=O) groups excluding carboxylic acids is 1. The monoisotopic (exact) mass is 336 g/mol. The van der Waals surface area contributed by atoms with Gasteiger partial charge >= 0.3 is 0 Å². The Morgan fingerprint density at radius 2 is 1.78 bits per heavy atom. The van der Waals surface area contributed by atoms with Gasteiger partial charge < -0.3 is 15.7 Å². The predicted octanol–water partition coefficient (Wildman–Crippen LogP) is 2.89. The summed E-state index contributed by atoms with van der Waals surface area (Å²) in [6.45, 7) is 0.589. The zero-order valence-electron chi connectivity index (χ0n) is 12.5. The number of aliphatic hydroxyl groups is 1. The van der Waals surface area contributed by atoms with Crippen LogP contribution in [0.15, 0.2) is 48.5 Å². The summed E-state index contributed by atoms with van der Waals surface area (Å²) in [7, 11) is 0. The highest BCUT2D eigenvalue weighted by Crippen LogP contribution is 2.22. The SMILES string of the molecule is NC(=O)CCN(CC(O)c1ccc(Cl)cc1)c1ccc(F)cc1. The Kier molecular flexibility index (Phi) is 5.96. The molecule has 0 fully saturated rings. The zero-order valence-corrected chi connectivity index (χ0v) is 13.2. The van der Waals surface area contributed by atoms with E-state index in [1.807, 2.05) is 0 Å². The van der Waals surface area contributed by atoms with Crippen molar-refractivity contribution in [1.82, 2.24) is 0 Å². The molecule has 0 aliphatic carbocycles. The number of primary amides is 1. The Hall–Kier alpha value is -2.11. The minimum Gasteiger partial charge on any atom is -0.387 e. The van der Waals surface area contributed by atoms with Gasteiger partial charge in [0.05, 0.1) is 6.10 Å². The molecule has 2 aromatic rings. The summed E-state index contributed by atoms with van der Waals surface area (Å²) in [4.78, 5) is 12.8. The maximum atomic E-state index is 13.1. The van der Waals surface area contributed by atoms with Gasteiger partial charge in [0.2, 0.25) is 5.91 Å². The quantitative estimate of drug-likeness (QED) is 0.817. The van der Waals surface area contributed by atoms with Crippen molar-refractivity contribution in [2.24, 2.45) is 5.73 Å². The lowest BCUT2D eigenvalue weighted by Gasteiger charge is -2.27. The molecular weight excluding hydrogens is 319 g/mol. The van der Waals surface area contributed by atoms with Crippen LogP contribution < -0.4 is 10.6 Å². The Morgan fingerprint density at radius 3 is 2.35 bits per heavy atom. The van der Waals surface area contributed by atoms with E-state index < -0.39 is 12.0 Å². The van der Waals surface area contributed by atoms with Crippen molar-refractivity contribution in [1.29, 1.82) is 0 Å². The molecule has 4 nitrogen and oxygen atoms in total. The molecule has 0 saturated heterocycles. The van der Waals surface area contributed by atoms with Crippen molar-refractivity contribution in [3.63, 3.8) is 0 Å². The molecule has 3 N–H and O–H groups in total. The van der Waals surface area contributed by atoms with Crippen LogP contribution in [0.3, 0.4) is 0 Å². The Labute approximate surface area is 139 Å². The molecule has 0 saturated carbocycles. The van der Waals surface area contributed by atoms with Gasteiger partial charge in [-0.25, -0.2) is 4.39 Å². The lowest BCUT2D eigenvalue weighted by molar-refractivity contribution is -0.117. The van der Waals surface area contributed by atoms with Crippen LogP contribution in [0.1, 0.15) is 18.1 Å². The van der Waals surface area contributed by atoms with E-state index in [0.717, 1.165) is 0 Å². The molecule has 23 heavy (non-hydrogen) atoms. The number of anilines is 1. The molecule has 0 aliphatic rings. The molecule has 2 aromatic carbocycles. The average Bonchev–Trinajstić information content (AvgIpc) is 2.52. The lowest BCUT2D eigenvalue weighted by atomic mass is 10.1. The molecule has 1 amide bonds. The second-order valence-electron chi connectivity index (χ2n) is 5.21. The molecule has 0 spiro atoms. The van der Waals surface area contributed by atoms with Crippen molar-refractivity contribution in [3.05, 3.63) is 64.9 Å². The van der Waals surface area contributed by atoms with E-state index in [-0.39, 0.29) is 18.8 Å². The van der Waals surface area contributed by atoms with Crippen LogP contribution in [0, 0.1) is 5.82 Å². The molecule has 0 bridgehead atoms. The summed E-state index contributed by atoms with van der Waals surface area (Å²) in [5.74, 6) is -0.778. The molecule has 0 aliphatic heterocycles. The third-order valence-corrected chi connectivity index (χ3v) is 3.72. The molecule has 0 heterocycles. The van der Waals surface area contributed by atoms with Gasteiger partial charge in [0.25, 0.3) is 0 Å². The first-order valence-electron chi connectivity index (χ1n) is 7.18. The van der Waals surface area contributed by atoms with E-state index in [1.54, 1.807) is 41.3 Å². The lowest BCUT2D eigenvalue weighted by Crippen LogP contribution is -2.32. The third-order valence-electron chi connectivity index (χ3n) is 3.47. The summed E-state index contributed by atoms with van der Waals surface area (Å²) in [5, 5.41) is 11.0. The molecule has 2 rings (SSSR count). The first-order valence-corrected chi connectivity index (χ1v) is 7.56. The van der Waals surface area contributed by atoms with Crippen LogP contribution in [0.2, 0.25) is 5.02 Å². The molecule has 122 valence electrons. The van der Waals surface area contributed by atoms with Gasteiger partial charge in [-0.1, -0.05) is 23.7 Å². The Morgan fingerprint density at radius 1 is 1.17 bits per heavy atom. The molecule has 6 heteroatoms. The largest absolute Gasteiger partial charge is 0.387 e. The second-order valence-corrected chi connectivity index (χ2v) is 5.64. The standard InChI is InChI=1S/C17H18ClFN2O2/c18-13-3-1-12(2-4-13)16(22)11-21(10-9-17(20)23)15-7-5-14(19)6-8-15/h1-8,16,22H,9-11H2,(H2,20,23). The van der Waals surface area contributed by atoms with Gasteiger partial charge in [0.15, 0.2) is 0 Å². The van der Waals surface area contributed by atoms with E-state index in [4.69, 9.17) is 17.3 Å². The number of aliphatic hydroxyl groups excluding tert-OH is 1. The molecular formula is C17H18ClFN2O2. The Balaban J connectivity index is 2.14. The number of carbonyl (C=O) groups is 1. The Bertz CT molecular complexity index is 647. The molecule has 1 atom stereocenters. The van der Waals surface area contributed by atoms with Gasteiger partial charge in [-0.2, -0.15) is 0 Å². The molecule has 0 radical (unpaired) electrons. The topological polar surface area (TPSA) is 66.6 Å². The highest BCUT2D eigenvalue weighted by Gasteiger charge is 2.15. The summed E-state index contributed by atoms with van der Waals surface area (Å²) >= 11 is 5.84. The summed E-state index contributed by atoms with van der Waals surface area (Å²) < 4.78 is 13.1. The zero-order chi connectivity index (χ0) is 16.8. The van der Waals surface area contributed by atoms with Gasteiger partial charge in [-0.3, -0.25) is 4.79 Å². The van der Waals surface area contributed by atoms with E-state index in [2.05, 4.69) is 0 Å². The first kappa shape index (κ1) is 17.2. The number of hydrogen-bond acceptors (Lipinski definition) is 3. The highest BCUT2D eigenvalue weighted by molar-refractivity contribution is 6.30. The van der Waals surface area contributed by atoms with Gasteiger partial charge in [0.1, 0.15) is 5.82 Å². The van der Waals surface area contributed by atoms with Crippen LogP contribution in [-0.2, 0) is 4.79 Å². The van der Waals surface area contributed by atoms with Crippen molar-refractivity contribution < 1.29 is 14.3 Å². The van der Waals surface area contributed by atoms with Crippen LogP contribution in [0.5, 0.6) is 0 Å². The number of benzene rings is 2. The fourth-order valence-electron chi connectivity index (χ4n) is 2.22. The summed E-state index contributed by atoms with van der Waals surface area (Å²) in [6, 6.07) is 12.8. The fraction of sp³-hybridized carbons (Fsp3) is 0.235. The van der Waals surface area contributed by atoms with Gasteiger partial charge in [0, 0.05) is 30.2 Å². The van der Waals surface area contributed by atoms with Crippen LogP contribution in [0.4, 0.5) is 10.1 Å². The number of hydrogen-bond donors (Lipinski definition) is 2. The van der Waals surface area contributed by atoms with E-state index in [0.29, 0.717) is 22.8 Å². The van der Waals surface area contributed by atoms with E-state index in [9.17, 15) is 14.3 Å². The third kappa shape index (κ3) is 5.23. The van der Waals surface area contributed by atoms with Gasteiger partial charge in [-0.05, 0) is 42.0 Å². The highest BCUT2D eigenvalue weighted by atomic mass is 35.5. The summed E-state index contributed by atoms with van der Waals surface area (Å²) in [5.41, 5.74) is 6.62. The fourth-order valence-corrected chi connectivity index (χ4v) is 2.35. The predicted molar refractivity (Wildman–Crippen MR) is 88.8 cm³/mol.